The number of halogens is 4. The van der Waals surface area contributed by atoms with Crippen LogP contribution >= 0.6 is 12.4 Å². The average molecular weight is 422 g/mol. The third kappa shape index (κ3) is 7.58. The Hall–Kier alpha value is -0.580. The Morgan fingerprint density at radius 3 is 2.58 bits per heavy atom. The molecule has 2 rings (SSSR count). The minimum absolute atomic E-state index is 0. The largest absolute Gasteiger partial charge is 0.389 e. The van der Waals surface area contributed by atoms with Gasteiger partial charge in [-0.15, -0.1) is 12.4 Å². The van der Waals surface area contributed by atoms with Gasteiger partial charge in [-0.25, -0.2) is 12.7 Å². The highest BCUT2D eigenvalue weighted by molar-refractivity contribution is 7.89. The maximum atomic E-state index is 12.2. The number of rotatable bonds is 7. The summed E-state index contributed by atoms with van der Waals surface area (Å²) in [5.74, 6) is -0.559. The predicted octanol–water partition coefficient (Wildman–Crippen LogP) is 1.66. The molecule has 1 amide bonds. The van der Waals surface area contributed by atoms with Gasteiger partial charge in [0.05, 0.1) is 11.8 Å². The summed E-state index contributed by atoms with van der Waals surface area (Å²) in [6.45, 7) is 1.81. The Bertz CT molecular complexity index is 554. The molecule has 2 unspecified atom stereocenters. The molecule has 0 saturated carbocycles. The van der Waals surface area contributed by atoms with E-state index in [4.69, 9.17) is 0 Å². The molecule has 0 aromatic rings. The van der Waals surface area contributed by atoms with Crippen molar-refractivity contribution in [2.24, 2.45) is 5.92 Å². The van der Waals surface area contributed by atoms with Crippen molar-refractivity contribution in [1.29, 1.82) is 0 Å². The zero-order valence-corrected chi connectivity index (χ0v) is 16.2. The van der Waals surface area contributed by atoms with Crippen LogP contribution in [0.15, 0.2) is 0 Å². The van der Waals surface area contributed by atoms with Crippen molar-refractivity contribution >= 4 is 28.3 Å². The number of nitrogens with zero attached hydrogens (tertiary/aromatic N) is 1. The van der Waals surface area contributed by atoms with E-state index in [0.29, 0.717) is 19.5 Å². The number of nitrogens with one attached hydrogen (secondary N) is 2. The smallest absolute Gasteiger partial charge is 0.354 e. The zero-order valence-electron chi connectivity index (χ0n) is 14.6. The van der Waals surface area contributed by atoms with Crippen LogP contribution in [0.2, 0.25) is 0 Å². The summed E-state index contributed by atoms with van der Waals surface area (Å²) < 4.78 is 62.3. The molecular weight excluding hydrogens is 395 g/mol. The summed E-state index contributed by atoms with van der Waals surface area (Å²) >= 11 is 0. The molecule has 0 aliphatic carbocycles. The van der Waals surface area contributed by atoms with E-state index >= 15 is 0 Å². The highest BCUT2D eigenvalue weighted by atomic mass is 35.5. The Morgan fingerprint density at radius 1 is 1.23 bits per heavy atom. The van der Waals surface area contributed by atoms with Crippen molar-refractivity contribution in [2.75, 3.05) is 31.9 Å². The lowest BCUT2D eigenvalue weighted by molar-refractivity contribution is -0.134. The first-order valence-corrected chi connectivity index (χ1v) is 10.3. The molecule has 2 atom stereocenters. The summed E-state index contributed by atoms with van der Waals surface area (Å²) in [6.07, 6.45) is -2.63. The number of sulfonamides is 1. The fourth-order valence-electron chi connectivity index (χ4n) is 3.31. The molecule has 2 N–H and O–H groups in total. The summed E-state index contributed by atoms with van der Waals surface area (Å²) in [4.78, 5) is 12.0. The van der Waals surface area contributed by atoms with Crippen LogP contribution in [0.4, 0.5) is 13.2 Å². The molecule has 0 aromatic carbocycles. The lowest BCUT2D eigenvalue weighted by Crippen LogP contribution is -2.47. The first-order valence-electron chi connectivity index (χ1n) is 8.73. The molecule has 2 aliphatic rings. The number of carbonyl (C=O) groups is 1. The number of alkyl halides is 3. The van der Waals surface area contributed by atoms with Gasteiger partial charge >= 0.3 is 6.18 Å². The topological polar surface area (TPSA) is 78.5 Å². The monoisotopic (exact) mass is 421 g/mol. The molecule has 0 bridgehead atoms. The molecule has 154 valence electrons. The van der Waals surface area contributed by atoms with Gasteiger partial charge in [0.25, 0.3) is 0 Å². The van der Waals surface area contributed by atoms with Crippen molar-refractivity contribution in [3.05, 3.63) is 0 Å². The minimum atomic E-state index is -4.33. The van der Waals surface area contributed by atoms with E-state index in [9.17, 15) is 26.4 Å². The van der Waals surface area contributed by atoms with Crippen LogP contribution in [0.5, 0.6) is 0 Å². The van der Waals surface area contributed by atoms with Crippen LogP contribution in [0, 0.1) is 5.92 Å². The highest BCUT2D eigenvalue weighted by Gasteiger charge is 2.32. The van der Waals surface area contributed by atoms with E-state index in [2.05, 4.69) is 10.6 Å². The first kappa shape index (κ1) is 23.5. The lowest BCUT2D eigenvalue weighted by atomic mass is 9.99. The van der Waals surface area contributed by atoms with E-state index < -0.39 is 34.8 Å². The summed E-state index contributed by atoms with van der Waals surface area (Å²) in [5, 5.41) is 5.96. The lowest BCUT2D eigenvalue weighted by Gasteiger charge is -2.32. The quantitative estimate of drug-likeness (QED) is 0.655. The molecule has 2 aliphatic heterocycles. The maximum Gasteiger partial charge on any atom is 0.389 e. The molecule has 0 radical (unpaired) electrons. The van der Waals surface area contributed by atoms with Gasteiger partial charge in [-0.2, -0.15) is 13.2 Å². The van der Waals surface area contributed by atoms with Gasteiger partial charge in [0.2, 0.25) is 15.9 Å². The molecule has 26 heavy (non-hydrogen) atoms. The van der Waals surface area contributed by atoms with Gasteiger partial charge in [-0.1, -0.05) is 0 Å². The number of piperidine rings is 1. The van der Waals surface area contributed by atoms with Gasteiger partial charge in [0, 0.05) is 26.1 Å². The number of amides is 1. The van der Waals surface area contributed by atoms with E-state index in [0.717, 1.165) is 25.8 Å². The third-order valence-corrected chi connectivity index (χ3v) is 6.60. The van der Waals surface area contributed by atoms with Crippen molar-refractivity contribution in [1.82, 2.24) is 14.9 Å². The van der Waals surface area contributed by atoms with Crippen LogP contribution in [0.3, 0.4) is 0 Å². The molecular formula is C15H27ClF3N3O3S. The van der Waals surface area contributed by atoms with Crippen LogP contribution in [-0.2, 0) is 14.8 Å². The summed E-state index contributed by atoms with van der Waals surface area (Å²) in [5.41, 5.74) is 0. The van der Waals surface area contributed by atoms with Crippen LogP contribution in [0.25, 0.3) is 0 Å². The summed E-state index contributed by atoms with van der Waals surface area (Å²) in [6, 6.07) is -0.175. The summed E-state index contributed by atoms with van der Waals surface area (Å²) in [7, 11) is -3.68. The normalized spacial score (nSPS) is 24.9. The van der Waals surface area contributed by atoms with Crippen LogP contribution < -0.4 is 10.6 Å². The van der Waals surface area contributed by atoms with Gasteiger partial charge < -0.3 is 10.6 Å². The Labute approximate surface area is 158 Å². The zero-order chi connectivity index (χ0) is 18.5. The van der Waals surface area contributed by atoms with Crippen molar-refractivity contribution in [3.8, 4) is 0 Å². The fourth-order valence-corrected chi connectivity index (χ4v) is 4.92. The molecule has 11 heteroatoms. The number of hydrogen-bond acceptors (Lipinski definition) is 4. The van der Waals surface area contributed by atoms with Gasteiger partial charge in [0.15, 0.2) is 0 Å². The van der Waals surface area contributed by atoms with E-state index in [1.807, 2.05) is 0 Å². The number of carbonyl (C=O) groups excluding carboxylic acids is 1. The fraction of sp³-hybridized carbons (Fsp3) is 0.933. The van der Waals surface area contributed by atoms with Crippen molar-refractivity contribution < 1.29 is 26.4 Å². The third-order valence-electron chi connectivity index (χ3n) is 4.68. The van der Waals surface area contributed by atoms with Gasteiger partial charge in [-0.05, 0) is 44.6 Å². The molecule has 2 heterocycles. The Balaban J connectivity index is 0.00000338. The maximum absolute atomic E-state index is 12.2. The van der Waals surface area contributed by atoms with Crippen molar-refractivity contribution in [3.63, 3.8) is 0 Å². The van der Waals surface area contributed by atoms with E-state index in [-0.39, 0.29) is 36.8 Å². The second-order valence-corrected chi connectivity index (χ2v) is 8.88. The second kappa shape index (κ2) is 10.1. The predicted molar refractivity (Wildman–Crippen MR) is 94.7 cm³/mol. The van der Waals surface area contributed by atoms with Crippen LogP contribution in [0.1, 0.15) is 38.5 Å². The first-order chi connectivity index (χ1) is 11.7. The number of hydrogen-bond donors (Lipinski definition) is 2. The molecule has 0 spiro atoms. The Morgan fingerprint density at radius 2 is 1.96 bits per heavy atom. The van der Waals surface area contributed by atoms with Crippen molar-refractivity contribution in [2.45, 2.75) is 50.7 Å². The molecule has 2 saturated heterocycles. The van der Waals surface area contributed by atoms with Crippen LogP contribution in [-0.4, -0.2) is 62.8 Å². The molecule has 0 aromatic heterocycles. The standard InChI is InChI=1S/C15H26F3N3O3S.ClH/c16-15(17,18)6-3-9-25(23,24)21-8-2-4-12(11-21)10-20-14(22)13-5-1-7-19-13;/h12-13,19H,1-11H2,(H,20,22);1H. The van der Waals surface area contributed by atoms with Gasteiger partial charge in [-0.3, -0.25) is 4.79 Å². The average Bonchev–Trinajstić information content (AvgIpc) is 3.06. The van der Waals surface area contributed by atoms with E-state index in [1.165, 1.54) is 4.31 Å². The molecule has 2 fully saturated rings. The highest BCUT2D eigenvalue weighted by Crippen LogP contribution is 2.24. The molecule has 6 nitrogen and oxygen atoms in total. The Kier molecular flexibility index (Phi) is 9.11. The SMILES string of the molecule is Cl.O=C(NCC1CCCN(S(=O)(=O)CCCC(F)(F)F)C1)C1CCCN1. The second-order valence-electron chi connectivity index (χ2n) is 6.80. The minimum Gasteiger partial charge on any atom is -0.354 e. The van der Waals surface area contributed by atoms with Gasteiger partial charge in [0.1, 0.15) is 0 Å². The van der Waals surface area contributed by atoms with E-state index in [1.54, 1.807) is 0 Å².